The lowest BCUT2D eigenvalue weighted by atomic mass is 10.1. The maximum Gasteiger partial charge on any atom is 0.336 e. The van der Waals surface area contributed by atoms with E-state index < -0.39 is 5.97 Å². The maximum atomic E-state index is 11.1. The van der Waals surface area contributed by atoms with E-state index in [1.165, 1.54) is 0 Å². The van der Waals surface area contributed by atoms with Crippen LogP contribution in [0.3, 0.4) is 0 Å². The van der Waals surface area contributed by atoms with Gasteiger partial charge >= 0.3 is 5.97 Å². The first kappa shape index (κ1) is 12.4. The van der Waals surface area contributed by atoms with Crippen LogP contribution in [0.1, 0.15) is 23.7 Å². The lowest BCUT2D eigenvalue weighted by Gasteiger charge is -2.17. The third-order valence-electron chi connectivity index (χ3n) is 2.90. The Bertz CT molecular complexity index is 581. The SMILES string of the molecule is CCCN(C)c1ccc2c(C(=O)O)cccc2n1. The van der Waals surface area contributed by atoms with E-state index in [1.54, 1.807) is 12.1 Å². The number of carbonyl (C=O) groups is 1. The van der Waals surface area contributed by atoms with Crippen molar-refractivity contribution >= 4 is 22.7 Å². The zero-order valence-corrected chi connectivity index (χ0v) is 10.6. The molecule has 1 aromatic heterocycles. The number of anilines is 1. The van der Waals surface area contributed by atoms with Gasteiger partial charge in [-0.1, -0.05) is 13.0 Å². The minimum atomic E-state index is -0.919. The summed E-state index contributed by atoms with van der Waals surface area (Å²) in [5.74, 6) is -0.0519. The molecule has 1 heterocycles. The molecule has 18 heavy (non-hydrogen) atoms. The van der Waals surface area contributed by atoms with Gasteiger partial charge in [-0.25, -0.2) is 9.78 Å². The highest BCUT2D eigenvalue weighted by atomic mass is 16.4. The van der Waals surface area contributed by atoms with Gasteiger partial charge in [0.1, 0.15) is 5.82 Å². The summed E-state index contributed by atoms with van der Waals surface area (Å²) in [5, 5.41) is 9.79. The van der Waals surface area contributed by atoms with Crippen LogP contribution in [0.4, 0.5) is 5.82 Å². The van der Waals surface area contributed by atoms with Crippen molar-refractivity contribution in [2.24, 2.45) is 0 Å². The number of nitrogens with zero attached hydrogens (tertiary/aromatic N) is 2. The molecule has 0 amide bonds. The fourth-order valence-electron chi connectivity index (χ4n) is 1.99. The predicted molar refractivity (Wildman–Crippen MR) is 72.3 cm³/mol. The van der Waals surface area contributed by atoms with E-state index in [0.717, 1.165) is 24.3 Å². The van der Waals surface area contributed by atoms with Gasteiger partial charge in [0, 0.05) is 19.0 Å². The minimum absolute atomic E-state index is 0.296. The Labute approximate surface area is 106 Å². The number of carboxylic acids is 1. The quantitative estimate of drug-likeness (QED) is 0.898. The summed E-state index contributed by atoms with van der Waals surface area (Å²) in [6.07, 6.45) is 1.05. The van der Waals surface area contributed by atoms with Crippen molar-refractivity contribution in [2.75, 3.05) is 18.5 Å². The van der Waals surface area contributed by atoms with Crippen LogP contribution in [0.25, 0.3) is 10.9 Å². The van der Waals surface area contributed by atoms with E-state index in [4.69, 9.17) is 5.11 Å². The number of hydrogen-bond donors (Lipinski definition) is 1. The molecule has 0 bridgehead atoms. The first-order valence-corrected chi connectivity index (χ1v) is 5.97. The fraction of sp³-hybridized carbons (Fsp3) is 0.286. The first-order valence-electron chi connectivity index (χ1n) is 5.97. The van der Waals surface area contributed by atoms with Crippen LogP contribution in [-0.2, 0) is 0 Å². The molecule has 4 nitrogen and oxygen atoms in total. The average molecular weight is 244 g/mol. The van der Waals surface area contributed by atoms with Gasteiger partial charge in [0.05, 0.1) is 11.1 Å². The number of carboxylic acid groups (broad SMARTS) is 1. The summed E-state index contributed by atoms with van der Waals surface area (Å²) in [6, 6.07) is 8.85. The second kappa shape index (κ2) is 5.04. The van der Waals surface area contributed by atoms with Gasteiger partial charge < -0.3 is 10.0 Å². The summed E-state index contributed by atoms with van der Waals surface area (Å²) in [5.41, 5.74) is 1.01. The van der Waals surface area contributed by atoms with Crippen molar-refractivity contribution in [3.05, 3.63) is 35.9 Å². The van der Waals surface area contributed by atoms with Gasteiger partial charge in [-0.15, -0.1) is 0 Å². The molecule has 94 valence electrons. The van der Waals surface area contributed by atoms with Crippen LogP contribution in [-0.4, -0.2) is 29.7 Å². The zero-order valence-electron chi connectivity index (χ0n) is 10.6. The van der Waals surface area contributed by atoms with Crippen molar-refractivity contribution in [1.29, 1.82) is 0 Å². The second-order valence-corrected chi connectivity index (χ2v) is 4.27. The predicted octanol–water partition coefficient (Wildman–Crippen LogP) is 2.78. The molecule has 1 N–H and O–H groups in total. The van der Waals surface area contributed by atoms with Crippen molar-refractivity contribution < 1.29 is 9.90 Å². The highest BCUT2D eigenvalue weighted by Crippen LogP contribution is 2.21. The zero-order chi connectivity index (χ0) is 13.1. The third kappa shape index (κ3) is 2.27. The largest absolute Gasteiger partial charge is 0.478 e. The van der Waals surface area contributed by atoms with Crippen LogP contribution in [0.5, 0.6) is 0 Å². The molecule has 0 aliphatic rings. The van der Waals surface area contributed by atoms with E-state index in [9.17, 15) is 4.79 Å². The molecule has 2 rings (SSSR count). The fourth-order valence-corrected chi connectivity index (χ4v) is 1.99. The Balaban J connectivity index is 2.50. The molecule has 0 aliphatic heterocycles. The van der Waals surface area contributed by atoms with Gasteiger partial charge in [0.25, 0.3) is 0 Å². The summed E-state index contributed by atoms with van der Waals surface area (Å²) < 4.78 is 0. The Morgan fingerprint density at radius 2 is 2.11 bits per heavy atom. The lowest BCUT2D eigenvalue weighted by molar-refractivity contribution is 0.0699. The number of aromatic nitrogens is 1. The Hall–Kier alpha value is -2.10. The van der Waals surface area contributed by atoms with Crippen molar-refractivity contribution in [3.63, 3.8) is 0 Å². The molecule has 2 aromatic rings. The Morgan fingerprint density at radius 1 is 1.33 bits per heavy atom. The van der Waals surface area contributed by atoms with Gasteiger partial charge in [-0.3, -0.25) is 0 Å². The van der Waals surface area contributed by atoms with Crippen molar-refractivity contribution in [1.82, 2.24) is 4.98 Å². The number of benzene rings is 1. The standard InChI is InChI=1S/C14H16N2O2/c1-3-9-16(2)13-8-7-10-11(14(17)18)5-4-6-12(10)15-13/h4-8H,3,9H2,1-2H3,(H,17,18). The molecule has 0 saturated carbocycles. The molecular weight excluding hydrogens is 228 g/mol. The summed E-state index contributed by atoms with van der Waals surface area (Å²) >= 11 is 0. The monoisotopic (exact) mass is 244 g/mol. The number of fused-ring (bicyclic) bond motifs is 1. The number of aromatic carboxylic acids is 1. The number of hydrogen-bond acceptors (Lipinski definition) is 3. The maximum absolute atomic E-state index is 11.1. The van der Waals surface area contributed by atoms with Crippen LogP contribution in [0, 0.1) is 0 Å². The highest BCUT2D eigenvalue weighted by Gasteiger charge is 2.10. The van der Waals surface area contributed by atoms with Gasteiger partial charge in [0.2, 0.25) is 0 Å². The Morgan fingerprint density at radius 3 is 2.78 bits per heavy atom. The van der Waals surface area contributed by atoms with Crippen LogP contribution in [0.2, 0.25) is 0 Å². The Kier molecular flexibility index (Phi) is 3.46. The molecular formula is C14H16N2O2. The third-order valence-corrected chi connectivity index (χ3v) is 2.90. The lowest BCUT2D eigenvalue weighted by Crippen LogP contribution is -2.18. The van der Waals surface area contributed by atoms with Crippen molar-refractivity contribution in [3.8, 4) is 0 Å². The summed E-state index contributed by atoms with van der Waals surface area (Å²) in [6.45, 7) is 3.04. The van der Waals surface area contributed by atoms with E-state index >= 15 is 0 Å². The van der Waals surface area contributed by atoms with Gasteiger partial charge in [-0.05, 0) is 30.7 Å². The molecule has 0 fully saturated rings. The van der Waals surface area contributed by atoms with E-state index in [0.29, 0.717) is 10.9 Å². The van der Waals surface area contributed by atoms with Crippen LogP contribution < -0.4 is 4.90 Å². The second-order valence-electron chi connectivity index (χ2n) is 4.27. The molecule has 4 heteroatoms. The topological polar surface area (TPSA) is 53.4 Å². The molecule has 0 unspecified atom stereocenters. The smallest absolute Gasteiger partial charge is 0.336 e. The van der Waals surface area contributed by atoms with Gasteiger partial charge in [0.15, 0.2) is 0 Å². The van der Waals surface area contributed by atoms with Crippen LogP contribution in [0.15, 0.2) is 30.3 Å². The average Bonchev–Trinajstić information content (AvgIpc) is 2.37. The highest BCUT2D eigenvalue weighted by molar-refractivity contribution is 6.02. The van der Waals surface area contributed by atoms with E-state index in [2.05, 4.69) is 16.8 Å². The van der Waals surface area contributed by atoms with E-state index in [1.807, 2.05) is 25.2 Å². The molecule has 0 atom stereocenters. The molecule has 1 aromatic carbocycles. The van der Waals surface area contributed by atoms with Gasteiger partial charge in [-0.2, -0.15) is 0 Å². The summed E-state index contributed by atoms with van der Waals surface area (Å²) in [7, 11) is 1.98. The summed E-state index contributed by atoms with van der Waals surface area (Å²) in [4.78, 5) is 17.7. The number of pyridine rings is 1. The normalized spacial score (nSPS) is 10.6. The van der Waals surface area contributed by atoms with Crippen LogP contribution >= 0.6 is 0 Å². The molecule has 0 saturated heterocycles. The van der Waals surface area contributed by atoms with E-state index in [-0.39, 0.29) is 0 Å². The molecule has 0 radical (unpaired) electrons. The number of rotatable bonds is 4. The molecule has 0 aliphatic carbocycles. The first-order chi connectivity index (χ1) is 8.63. The minimum Gasteiger partial charge on any atom is -0.478 e. The van der Waals surface area contributed by atoms with Crippen molar-refractivity contribution in [2.45, 2.75) is 13.3 Å². The molecule has 0 spiro atoms.